The Morgan fingerprint density at radius 1 is 1.26 bits per heavy atom. The summed E-state index contributed by atoms with van der Waals surface area (Å²) in [6.45, 7) is 15.0. The molecular weight excluding hydrogens is 558 g/mol. The fourth-order valence-electron chi connectivity index (χ4n) is 6.09. The van der Waals surface area contributed by atoms with Gasteiger partial charge in [-0.2, -0.15) is 0 Å². The molecule has 1 atom stereocenters. The Balaban J connectivity index is 0.000000436. The van der Waals surface area contributed by atoms with Crippen LogP contribution >= 0.6 is 11.6 Å². The fraction of sp³-hybridized carbons (Fsp3) is 0.571. The molecule has 2 aromatic rings. The van der Waals surface area contributed by atoms with Crippen molar-refractivity contribution in [2.24, 2.45) is 27.5 Å². The first-order valence-corrected chi connectivity index (χ1v) is 16.3. The van der Waals surface area contributed by atoms with Crippen LogP contribution in [0.5, 0.6) is 0 Å². The average molecular weight is 610 g/mol. The smallest absolute Gasteiger partial charge is 0.279 e. The highest BCUT2D eigenvalue weighted by Crippen LogP contribution is 2.71. The molecule has 1 spiro atoms. The van der Waals surface area contributed by atoms with Crippen molar-refractivity contribution < 1.29 is 4.74 Å². The van der Waals surface area contributed by atoms with Crippen LogP contribution < -0.4 is 11.3 Å². The number of rotatable bonds is 14. The van der Waals surface area contributed by atoms with Gasteiger partial charge in [-0.05, 0) is 74.2 Å². The zero-order valence-electron chi connectivity index (χ0n) is 27.1. The maximum Gasteiger partial charge on any atom is 0.279 e. The lowest BCUT2D eigenvalue weighted by Crippen LogP contribution is -2.50. The molecule has 0 saturated heterocycles. The van der Waals surface area contributed by atoms with Gasteiger partial charge in [0.2, 0.25) is 0 Å². The maximum absolute atomic E-state index is 13.3. The van der Waals surface area contributed by atoms with Crippen LogP contribution in [0.15, 0.2) is 52.1 Å². The third-order valence-corrected chi connectivity index (χ3v) is 9.60. The van der Waals surface area contributed by atoms with Crippen LogP contribution in [0.3, 0.4) is 0 Å². The zero-order chi connectivity index (χ0) is 31.8. The molecule has 2 aliphatic rings. The lowest BCUT2D eigenvalue weighted by molar-refractivity contribution is 0.146. The summed E-state index contributed by atoms with van der Waals surface area (Å²) in [5.41, 5.74) is 8.69. The summed E-state index contributed by atoms with van der Waals surface area (Å²) in [5.74, 6) is 2.05. The number of H-pyrrole nitrogens is 1. The SMILES string of the molecule is C=C(/C=C(\C=C(/C)OC)C1(C(N)=NC=N)CC2(CC2)C1)n1cc(Cl)c2cc(CC)[nH]c2c1=O.CCCCCCC(C)CC. The molecule has 2 aromatic heterocycles. The number of halogens is 1. The number of methoxy groups -OCH3 is 1. The number of aryl methyl sites for hydroxylation is 1. The molecule has 4 N–H and O–H groups in total. The van der Waals surface area contributed by atoms with Gasteiger partial charge in [-0.3, -0.25) is 14.8 Å². The number of fused-ring (bicyclic) bond motifs is 1. The van der Waals surface area contributed by atoms with Crippen molar-refractivity contribution >= 4 is 40.4 Å². The summed E-state index contributed by atoms with van der Waals surface area (Å²) in [7, 11) is 1.61. The van der Waals surface area contributed by atoms with Crippen molar-refractivity contribution in [2.75, 3.05) is 7.11 Å². The number of aromatic amines is 1. The lowest BCUT2D eigenvalue weighted by Gasteiger charge is -2.49. The topological polar surface area (TPSA) is 109 Å². The minimum absolute atomic E-state index is 0.218. The van der Waals surface area contributed by atoms with E-state index in [0.717, 1.165) is 42.8 Å². The van der Waals surface area contributed by atoms with Gasteiger partial charge >= 0.3 is 0 Å². The van der Waals surface area contributed by atoms with E-state index < -0.39 is 5.41 Å². The van der Waals surface area contributed by atoms with Crippen LogP contribution in [0.1, 0.15) is 105 Å². The van der Waals surface area contributed by atoms with Crippen molar-refractivity contribution in [3.05, 3.63) is 63.4 Å². The molecule has 2 heterocycles. The summed E-state index contributed by atoms with van der Waals surface area (Å²) < 4.78 is 6.88. The van der Waals surface area contributed by atoms with Crippen LogP contribution in [0.4, 0.5) is 0 Å². The molecule has 2 saturated carbocycles. The van der Waals surface area contributed by atoms with Crippen LogP contribution in [0.2, 0.25) is 5.02 Å². The monoisotopic (exact) mass is 609 g/mol. The normalized spacial score (nSPS) is 18.1. The van der Waals surface area contributed by atoms with Gasteiger partial charge in [0.15, 0.2) is 0 Å². The summed E-state index contributed by atoms with van der Waals surface area (Å²) in [5, 5.41) is 8.61. The predicted octanol–water partition coefficient (Wildman–Crippen LogP) is 9.02. The van der Waals surface area contributed by atoms with Gasteiger partial charge in [0.1, 0.15) is 17.7 Å². The third kappa shape index (κ3) is 8.11. The summed E-state index contributed by atoms with van der Waals surface area (Å²) in [6.07, 6.45) is 19.6. The number of unbranched alkanes of at least 4 members (excludes halogenated alkanes) is 3. The second kappa shape index (κ2) is 15.1. The van der Waals surface area contributed by atoms with Crippen LogP contribution in [-0.4, -0.2) is 28.8 Å². The van der Waals surface area contributed by atoms with Gasteiger partial charge in [0, 0.05) is 23.0 Å². The first-order chi connectivity index (χ1) is 20.5. The molecule has 4 rings (SSSR count). The van der Waals surface area contributed by atoms with E-state index in [2.05, 4.69) is 37.3 Å². The zero-order valence-corrected chi connectivity index (χ0v) is 27.9. The molecular formula is C35H52ClN5O2. The molecule has 0 bridgehead atoms. The number of nitrogens with two attached hydrogens (primary N) is 1. The number of amidine groups is 1. The van der Waals surface area contributed by atoms with Crippen LogP contribution in [0, 0.1) is 22.2 Å². The average Bonchev–Trinajstić information content (AvgIpc) is 3.64. The van der Waals surface area contributed by atoms with E-state index in [1.54, 1.807) is 13.3 Å². The second-order valence-electron chi connectivity index (χ2n) is 12.6. The standard InChI is InChI=1S/C25H30ClN5O2.C10H22/c1-5-18-10-19-20(26)11-31(22(32)21(19)30-18)15(2)8-17(9-16(3)33-4)25(23(28)29-14-27)12-24(13-25)6-7-24;1-4-6-7-8-9-10(3)5-2/h8-11,14,30H,2,5-7,12-13H2,1,3-4H3,(H3,27,28,29);10H,4-9H2,1-3H3/b16-9+,17-8+;. The number of nitrogens with zero attached hydrogens (tertiary/aromatic N) is 2. The van der Waals surface area contributed by atoms with E-state index in [1.807, 2.05) is 32.1 Å². The van der Waals surface area contributed by atoms with Crippen molar-refractivity contribution in [1.82, 2.24) is 9.55 Å². The second-order valence-corrected chi connectivity index (χ2v) is 13.0. The molecule has 0 amide bonds. The Morgan fingerprint density at radius 2 is 1.95 bits per heavy atom. The molecule has 1 unspecified atom stereocenters. The van der Waals surface area contributed by atoms with Crippen molar-refractivity contribution in [1.29, 1.82) is 5.41 Å². The molecule has 0 radical (unpaired) electrons. The summed E-state index contributed by atoms with van der Waals surface area (Å²) in [6, 6.07) is 1.91. The van der Waals surface area contributed by atoms with E-state index in [1.165, 1.54) is 55.9 Å². The maximum atomic E-state index is 13.3. The Bertz CT molecular complexity index is 1430. The number of pyridine rings is 1. The molecule has 2 aliphatic carbocycles. The van der Waals surface area contributed by atoms with Gasteiger partial charge in [-0.15, -0.1) is 0 Å². The first-order valence-electron chi connectivity index (χ1n) is 15.9. The number of nitrogens with one attached hydrogen (secondary N) is 2. The Labute approximate surface area is 262 Å². The Kier molecular flexibility index (Phi) is 12.1. The number of allylic oxidation sites excluding steroid dienone is 4. The Morgan fingerprint density at radius 3 is 2.51 bits per heavy atom. The van der Waals surface area contributed by atoms with Crippen molar-refractivity contribution in [3.8, 4) is 0 Å². The summed E-state index contributed by atoms with van der Waals surface area (Å²) in [4.78, 5) is 20.6. The van der Waals surface area contributed by atoms with Crippen LogP contribution in [-0.2, 0) is 11.2 Å². The highest BCUT2D eigenvalue weighted by atomic mass is 35.5. The highest BCUT2D eigenvalue weighted by molar-refractivity contribution is 6.35. The van der Waals surface area contributed by atoms with E-state index in [0.29, 0.717) is 38.6 Å². The minimum atomic E-state index is -0.532. The van der Waals surface area contributed by atoms with Gasteiger partial charge in [-0.25, -0.2) is 4.99 Å². The molecule has 0 aromatic carbocycles. The van der Waals surface area contributed by atoms with Gasteiger partial charge in [0.05, 0.1) is 23.3 Å². The van der Waals surface area contributed by atoms with Gasteiger partial charge < -0.3 is 15.5 Å². The molecule has 8 heteroatoms. The first kappa shape index (κ1) is 34.4. The van der Waals surface area contributed by atoms with E-state index in [-0.39, 0.29) is 5.56 Å². The van der Waals surface area contributed by atoms with E-state index in [9.17, 15) is 4.79 Å². The number of aromatic nitrogens is 2. The number of hydrogen-bond donors (Lipinski definition) is 3. The third-order valence-electron chi connectivity index (χ3n) is 9.30. The number of ether oxygens (including phenoxy) is 1. The quantitative estimate of drug-likeness (QED) is 0.0653. The molecule has 236 valence electrons. The molecule has 2 fully saturated rings. The summed E-state index contributed by atoms with van der Waals surface area (Å²) >= 11 is 6.52. The van der Waals surface area contributed by atoms with Crippen molar-refractivity contribution in [3.63, 3.8) is 0 Å². The predicted molar refractivity (Wildman–Crippen MR) is 183 cm³/mol. The number of hydrogen-bond acceptors (Lipinski definition) is 3. The molecule has 0 aliphatic heterocycles. The largest absolute Gasteiger partial charge is 0.501 e. The Hall–Kier alpha value is -3.06. The highest BCUT2D eigenvalue weighted by Gasteiger charge is 2.63. The number of aliphatic imine (C=N–C) groups is 1. The van der Waals surface area contributed by atoms with E-state index in [4.69, 9.17) is 27.5 Å². The van der Waals surface area contributed by atoms with Gasteiger partial charge in [-0.1, -0.05) is 84.4 Å². The lowest BCUT2D eigenvalue weighted by atomic mass is 9.55. The van der Waals surface area contributed by atoms with E-state index >= 15 is 0 Å². The van der Waals surface area contributed by atoms with Crippen molar-refractivity contribution in [2.45, 2.75) is 105 Å². The van der Waals surface area contributed by atoms with Crippen LogP contribution in [0.25, 0.3) is 16.6 Å². The van der Waals surface area contributed by atoms with Gasteiger partial charge in [0.25, 0.3) is 5.56 Å². The minimum Gasteiger partial charge on any atom is -0.501 e. The molecule has 43 heavy (non-hydrogen) atoms. The molecule has 7 nitrogen and oxygen atoms in total. The fourth-order valence-corrected chi connectivity index (χ4v) is 6.33.